The van der Waals surface area contributed by atoms with E-state index < -0.39 is 0 Å². The Balaban J connectivity index is 2.02. The average Bonchev–Trinajstić information content (AvgIpc) is 3.17. The minimum absolute atomic E-state index is 0.113. The lowest BCUT2D eigenvalue weighted by molar-refractivity contribution is 0.379. The highest BCUT2D eigenvalue weighted by Gasteiger charge is 2.35. The Morgan fingerprint density at radius 3 is 3.00 bits per heavy atom. The van der Waals surface area contributed by atoms with E-state index in [2.05, 4.69) is 40.3 Å². The summed E-state index contributed by atoms with van der Waals surface area (Å²) in [4.78, 5) is 3.36. The van der Waals surface area contributed by atoms with Gasteiger partial charge in [0.2, 0.25) is 11.8 Å². The van der Waals surface area contributed by atoms with Crippen molar-refractivity contribution in [2.45, 2.75) is 26.2 Å². The number of nitriles is 1. The number of allylic oxidation sites excluding steroid dienone is 1. The first-order valence-electron chi connectivity index (χ1n) is 7.87. The number of fused-ring (bicyclic) bond motifs is 2. The SMILES string of the molecule is CCc1cccc2c([C@H]3C(C#N)=C(N)Oc4n[nH]c(C)c43)c[nH]c12. The van der Waals surface area contributed by atoms with Crippen molar-refractivity contribution in [1.29, 1.82) is 5.26 Å². The van der Waals surface area contributed by atoms with Gasteiger partial charge in [0.15, 0.2) is 0 Å². The third-order valence-electron chi connectivity index (χ3n) is 4.66. The molecule has 3 heterocycles. The molecule has 0 saturated heterocycles. The molecule has 0 unspecified atom stereocenters. The number of aromatic nitrogens is 3. The van der Waals surface area contributed by atoms with E-state index >= 15 is 0 Å². The molecule has 3 aromatic rings. The van der Waals surface area contributed by atoms with Gasteiger partial charge in [0.25, 0.3) is 0 Å². The molecular formula is C18H17N5O. The summed E-state index contributed by atoms with van der Waals surface area (Å²) in [5.74, 6) is 0.260. The molecule has 4 rings (SSSR count). The number of nitrogens with one attached hydrogen (secondary N) is 2. The number of aryl methyl sites for hydroxylation is 2. The van der Waals surface area contributed by atoms with E-state index in [-0.39, 0.29) is 11.8 Å². The van der Waals surface area contributed by atoms with Gasteiger partial charge in [-0.25, -0.2) is 0 Å². The molecule has 2 aromatic heterocycles. The van der Waals surface area contributed by atoms with E-state index in [1.165, 1.54) is 5.56 Å². The highest BCUT2D eigenvalue weighted by Crippen LogP contribution is 2.44. The third-order valence-corrected chi connectivity index (χ3v) is 4.66. The number of ether oxygens (including phenoxy) is 1. The molecule has 0 bridgehead atoms. The summed E-state index contributed by atoms with van der Waals surface area (Å²) < 4.78 is 5.52. The maximum Gasteiger partial charge on any atom is 0.244 e. The van der Waals surface area contributed by atoms with Gasteiger partial charge in [0, 0.05) is 28.4 Å². The van der Waals surface area contributed by atoms with E-state index in [0.717, 1.165) is 34.1 Å². The van der Waals surface area contributed by atoms with Crippen molar-refractivity contribution in [2.24, 2.45) is 5.73 Å². The molecule has 1 aliphatic rings. The minimum Gasteiger partial charge on any atom is -0.420 e. The largest absolute Gasteiger partial charge is 0.420 e. The van der Waals surface area contributed by atoms with E-state index in [0.29, 0.717) is 11.5 Å². The van der Waals surface area contributed by atoms with Crippen LogP contribution in [0.5, 0.6) is 5.88 Å². The topological polar surface area (TPSA) is 104 Å². The first-order chi connectivity index (χ1) is 11.7. The first kappa shape index (κ1) is 14.4. The van der Waals surface area contributed by atoms with E-state index in [4.69, 9.17) is 10.5 Å². The van der Waals surface area contributed by atoms with Gasteiger partial charge in [-0.05, 0) is 24.5 Å². The zero-order chi connectivity index (χ0) is 16.8. The highest BCUT2D eigenvalue weighted by atomic mass is 16.5. The van der Waals surface area contributed by atoms with Crippen LogP contribution in [0.25, 0.3) is 10.9 Å². The van der Waals surface area contributed by atoms with Crippen molar-refractivity contribution >= 4 is 10.9 Å². The monoisotopic (exact) mass is 319 g/mol. The summed E-state index contributed by atoms with van der Waals surface area (Å²) in [6.45, 7) is 4.05. The van der Waals surface area contributed by atoms with Gasteiger partial charge in [0.1, 0.15) is 11.6 Å². The second-order valence-electron chi connectivity index (χ2n) is 5.93. The Kier molecular flexibility index (Phi) is 3.10. The molecule has 24 heavy (non-hydrogen) atoms. The predicted octanol–water partition coefficient (Wildman–Crippen LogP) is 2.98. The number of benzene rings is 1. The number of aromatic amines is 2. The van der Waals surface area contributed by atoms with Crippen molar-refractivity contribution < 1.29 is 4.74 Å². The molecule has 1 atom stereocenters. The lowest BCUT2D eigenvalue weighted by Gasteiger charge is -2.23. The number of para-hydroxylation sites is 1. The second kappa shape index (κ2) is 5.17. The molecule has 0 saturated carbocycles. The fourth-order valence-corrected chi connectivity index (χ4v) is 3.48. The predicted molar refractivity (Wildman–Crippen MR) is 90.3 cm³/mol. The molecule has 4 N–H and O–H groups in total. The molecule has 120 valence electrons. The van der Waals surface area contributed by atoms with Crippen LogP contribution in [0.2, 0.25) is 0 Å². The smallest absolute Gasteiger partial charge is 0.244 e. The van der Waals surface area contributed by atoms with Crippen LogP contribution in [0, 0.1) is 18.3 Å². The van der Waals surface area contributed by atoms with Crippen LogP contribution < -0.4 is 10.5 Å². The van der Waals surface area contributed by atoms with Gasteiger partial charge in [-0.3, -0.25) is 5.10 Å². The van der Waals surface area contributed by atoms with E-state index in [1.54, 1.807) is 0 Å². The van der Waals surface area contributed by atoms with Crippen LogP contribution in [-0.2, 0) is 6.42 Å². The lowest BCUT2D eigenvalue weighted by atomic mass is 9.84. The van der Waals surface area contributed by atoms with E-state index in [1.807, 2.05) is 19.2 Å². The number of hydrogen-bond acceptors (Lipinski definition) is 4. The number of nitrogens with zero attached hydrogens (tertiary/aromatic N) is 2. The van der Waals surface area contributed by atoms with Crippen LogP contribution in [0.3, 0.4) is 0 Å². The zero-order valence-corrected chi connectivity index (χ0v) is 13.5. The number of hydrogen-bond donors (Lipinski definition) is 3. The van der Waals surface area contributed by atoms with Crippen molar-refractivity contribution in [2.75, 3.05) is 0 Å². The molecule has 0 amide bonds. The van der Waals surface area contributed by atoms with Crippen molar-refractivity contribution in [1.82, 2.24) is 15.2 Å². The Morgan fingerprint density at radius 2 is 2.25 bits per heavy atom. The summed E-state index contributed by atoms with van der Waals surface area (Å²) >= 11 is 0. The maximum absolute atomic E-state index is 9.65. The fourth-order valence-electron chi connectivity index (χ4n) is 3.48. The maximum atomic E-state index is 9.65. The van der Waals surface area contributed by atoms with Gasteiger partial charge < -0.3 is 15.5 Å². The Hall–Kier alpha value is -3.20. The van der Waals surface area contributed by atoms with Crippen molar-refractivity contribution in [3.8, 4) is 11.9 Å². The van der Waals surface area contributed by atoms with Crippen LogP contribution in [0.15, 0.2) is 35.9 Å². The Morgan fingerprint density at radius 1 is 1.42 bits per heavy atom. The normalized spacial score (nSPS) is 16.8. The van der Waals surface area contributed by atoms with Crippen LogP contribution in [0.4, 0.5) is 0 Å². The van der Waals surface area contributed by atoms with Crippen LogP contribution in [0.1, 0.15) is 35.2 Å². The molecule has 1 aliphatic heterocycles. The third kappa shape index (κ3) is 1.85. The number of rotatable bonds is 2. The lowest BCUT2D eigenvalue weighted by Crippen LogP contribution is -2.20. The second-order valence-corrected chi connectivity index (χ2v) is 5.93. The van der Waals surface area contributed by atoms with Gasteiger partial charge in [-0.2, -0.15) is 5.26 Å². The quantitative estimate of drug-likeness (QED) is 0.675. The first-order valence-corrected chi connectivity index (χ1v) is 7.87. The fraction of sp³-hybridized carbons (Fsp3) is 0.222. The van der Waals surface area contributed by atoms with Crippen LogP contribution >= 0.6 is 0 Å². The summed E-state index contributed by atoms with van der Waals surface area (Å²) in [7, 11) is 0. The average molecular weight is 319 g/mol. The molecule has 6 heteroatoms. The summed E-state index contributed by atoms with van der Waals surface area (Å²) in [6.07, 6.45) is 2.89. The van der Waals surface area contributed by atoms with Gasteiger partial charge in [-0.15, -0.1) is 5.10 Å². The van der Waals surface area contributed by atoms with Crippen molar-refractivity contribution in [3.63, 3.8) is 0 Å². The summed E-state index contributed by atoms with van der Waals surface area (Å²) in [5, 5.41) is 17.8. The minimum atomic E-state index is -0.293. The Bertz CT molecular complexity index is 1020. The number of nitrogens with two attached hydrogens (primary N) is 1. The van der Waals surface area contributed by atoms with E-state index in [9.17, 15) is 5.26 Å². The molecular weight excluding hydrogens is 302 g/mol. The highest BCUT2D eigenvalue weighted by molar-refractivity contribution is 5.88. The van der Waals surface area contributed by atoms with Crippen LogP contribution in [-0.4, -0.2) is 15.2 Å². The molecule has 0 aliphatic carbocycles. The molecule has 1 aromatic carbocycles. The standard InChI is InChI=1S/C18H17N5O/c1-3-10-5-4-6-11-13(8-21-16(10)11)15-12(7-19)17(20)24-18-14(15)9(2)22-23-18/h4-6,8,15,21H,3,20H2,1-2H3,(H,22,23)/t15-/m1/s1. The van der Waals surface area contributed by atoms with Gasteiger partial charge in [0.05, 0.1) is 5.92 Å². The zero-order valence-electron chi connectivity index (χ0n) is 13.5. The summed E-state index contributed by atoms with van der Waals surface area (Å²) in [5.41, 5.74) is 11.5. The van der Waals surface area contributed by atoms with Gasteiger partial charge in [-0.1, -0.05) is 25.1 Å². The Labute approximate surface area is 138 Å². The number of H-pyrrole nitrogens is 2. The molecule has 6 nitrogen and oxygen atoms in total. The molecule has 0 radical (unpaired) electrons. The van der Waals surface area contributed by atoms with Gasteiger partial charge >= 0.3 is 0 Å². The molecule has 0 fully saturated rings. The summed E-state index contributed by atoms with van der Waals surface area (Å²) in [6, 6.07) is 8.43. The van der Waals surface area contributed by atoms with Crippen molar-refractivity contribution in [3.05, 3.63) is 58.2 Å². The molecule has 0 spiro atoms.